The second-order valence-corrected chi connectivity index (χ2v) is 17.7. The number of carbonyl (C=O) groups excluding carboxylic acids is 3. The van der Waals surface area contributed by atoms with Crippen LogP contribution in [0.5, 0.6) is 0 Å². The van der Waals surface area contributed by atoms with E-state index in [1.807, 2.05) is 38.1 Å². The number of amides is 3. The summed E-state index contributed by atoms with van der Waals surface area (Å²) in [7, 11) is -2.18. The fourth-order valence-corrected chi connectivity index (χ4v) is 5.92. The highest BCUT2D eigenvalue weighted by atomic mass is 28.4. The lowest BCUT2D eigenvalue weighted by Crippen LogP contribution is -2.50. The van der Waals surface area contributed by atoms with Crippen molar-refractivity contribution < 1.29 is 23.2 Å². The molecule has 0 bridgehead atoms. The molecular formula is C34H42FN5O4Si. The van der Waals surface area contributed by atoms with Gasteiger partial charge in [0.2, 0.25) is 11.8 Å². The van der Waals surface area contributed by atoms with E-state index in [2.05, 4.69) is 44.3 Å². The summed E-state index contributed by atoms with van der Waals surface area (Å²) in [6.07, 6.45) is 0. The van der Waals surface area contributed by atoms with Gasteiger partial charge in [0.15, 0.2) is 19.8 Å². The molecule has 238 valence electrons. The second-order valence-electron chi connectivity index (χ2n) is 12.9. The van der Waals surface area contributed by atoms with Gasteiger partial charge in [-0.1, -0.05) is 75.4 Å². The number of nitrogens with one attached hydrogen (secondary N) is 1. The van der Waals surface area contributed by atoms with Crippen LogP contribution in [0, 0.1) is 12.7 Å². The van der Waals surface area contributed by atoms with Crippen LogP contribution in [0.15, 0.2) is 66.7 Å². The van der Waals surface area contributed by atoms with Gasteiger partial charge in [-0.25, -0.2) is 4.39 Å². The molecule has 4 aromatic rings. The third-order valence-electron chi connectivity index (χ3n) is 8.54. The molecule has 4 rings (SSSR count). The number of hydrogen-bond acceptors (Lipinski definition) is 5. The zero-order chi connectivity index (χ0) is 33.1. The predicted molar refractivity (Wildman–Crippen MR) is 178 cm³/mol. The van der Waals surface area contributed by atoms with Gasteiger partial charge in [0.1, 0.15) is 13.1 Å². The summed E-state index contributed by atoms with van der Waals surface area (Å²) in [5.74, 6) is -2.25. The molecule has 0 saturated heterocycles. The number of nitrogens with two attached hydrogens (primary N) is 1. The minimum absolute atomic E-state index is 0.0162. The molecule has 0 fully saturated rings. The average Bonchev–Trinajstić information content (AvgIpc) is 3.34. The van der Waals surface area contributed by atoms with E-state index in [-0.39, 0.29) is 36.1 Å². The summed E-state index contributed by atoms with van der Waals surface area (Å²) in [6.45, 7) is 13.9. The first-order chi connectivity index (χ1) is 21.1. The van der Waals surface area contributed by atoms with Crippen LogP contribution in [-0.2, 0) is 20.6 Å². The molecule has 0 unspecified atom stereocenters. The molecule has 0 spiro atoms. The van der Waals surface area contributed by atoms with Crippen LogP contribution in [0.25, 0.3) is 22.0 Å². The first kappa shape index (κ1) is 33.5. The number of hydrogen-bond donors (Lipinski definition) is 2. The number of para-hydroxylation sites is 1. The van der Waals surface area contributed by atoms with Crippen LogP contribution in [0.1, 0.15) is 43.7 Å². The second kappa shape index (κ2) is 13.3. The zero-order valence-electron chi connectivity index (χ0n) is 27.0. The van der Waals surface area contributed by atoms with E-state index in [9.17, 15) is 14.4 Å². The number of benzene rings is 3. The number of aromatic nitrogens is 2. The number of anilines is 1. The molecule has 0 aliphatic carbocycles. The van der Waals surface area contributed by atoms with E-state index in [1.165, 1.54) is 15.6 Å². The van der Waals surface area contributed by atoms with Crippen LogP contribution >= 0.6 is 0 Å². The van der Waals surface area contributed by atoms with Gasteiger partial charge in [0, 0.05) is 10.9 Å². The molecule has 0 aliphatic rings. The zero-order valence-corrected chi connectivity index (χ0v) is 28.0. The van der Waals surface area contributed by atoms with Crippen LogP contribution in [-0.4, -0.2) is 59.9 Å². The largest absolute Gasteiger partial charge is 0.415 e. The Hall–Kier alpha value is -4.35. The van der Waals surface area contributed by atoms with Gasteiger partial charge in [-0.05, 0) is 55.2 Å². The summed E-state index contributed by atoms with van der Waals surface area (Å²) >= 11 is 0. The number of aryl methyl sites for hydroxylation is 1. The molecule has 3 N–H and O–H groups in total. The Morgan fingerprint density at radius 1 is 1.02 bits per heavy atom. The standard InChI is InChI=1S/C34H42FN5O4Si/c1-22-13-8-9-14-24(22)25-16-12-17-27(31(25)35)37-29(41)19-39(23(2)21-44-45(6,7)34(3,4)5)30(42)20-40-28-18-11-10-15-26(28)32(38-40)33(36)43/h8-18,23H,19-21H2,1-7H3,(H2,36,43)(H,37,41)/t23-/m1/s1. The topological polar surface area (TPSA) is 120 Å². The van der Waals surface area contributed by atoms with Crippen molar-refractivity contribution in [3.8, 4) is 11.1 Å². The van der Waals surface area contributed by atoms with Crippen molar-refractivity contribution in [1.29, 1.82) is 0 Å². The van der Waals surface area contributed by atoms with Crippen molar-refractivity contribution in [1.82, 2.24) is 14.7 Å². The van der Waals surface area contributed by atoms with Crippen molar-refractivity contribution in [3.05, 3.63) is 83.8 Å². The van der Waals surface area contributed by atoms with E-state index in [0.717, 1.165) is 11.1 Å². The maximum absolute atomic E-state index is 15.7. The Morgan fingerprint density at radius 2 is 1.67 bits per heavy atom. The first-order valence-electron chi connectivity index (χ1n) is 14.9. The highest BCUT2D eigenvalue weighted by Gasteiger charge is 2.38. The summed E-state index contributed by atoms with van der Waals surface area (Å²) in [4.78, 5) is 40.8. The number of nitrogens with zero attached hydrogens (tertiary/aromatic N) is 3. The maximum atomic E-state index is 15.7. The van der Waals surface area contributed by atoms with E-state index >= 15 is 4.39 Å². The van der Waals surface area contributed by atoms with Gasteiger partial charge in [-0.15, -0.1) is 0 Å². The van der Waals surface area contributed by atoms with E-state index in [4.69, 9.17) is 10.2 Å². The van der Waals surface area contributed by atoms with Gasteiger partial charge >= 0.3 is 0 Å². The van der Waals surface area contributed by atoms with Crippen LogP contribution < -0.4 is 11.1 Å². The van der Waals surface area contributed by atoms with Gasteiger partial charge in [-0.3, -0.25) is 19.1 Å². The van der Waals surface area contributed by atoms with Crippen LogP contribution in [0.2, 0.25) is 18.1 Å². The Kier molecular flexibility index (Phi) is 9.94. The number of rotatable bonds is 11. The summed E-state index contributed by atoms with van der Waals surface area (Å²) in [6, 6.07) is 18.8. The molecule has 0 saturated carbocycles. The lowest BCUT2D eigenvalue weighted by molar-refractivity contribution is -0.138. The third-order valence-corrected chi connectivity index (χ3v) is 13.0. The Morgan fingerprint density at radius 3 is 2.33 bits per heavy atom. The monoisotopic (exact) mass is 631 g/mol. The SMILES string of the molecule is Cc1ccccc1-c1cccc(NC(=O)CN(C(=O)Cn2nc(C(N)=O)c3ccccc32)[C@H](C)CO[Si](C)(C)C(C)(C)C)c1F. The Balaban J connectivity index is 1.61. The molecule has 1 aromatic heterocycles. The molecule has 3 aromatic carbocycles. The summed E-state index contributed by atoms with van der Waals surface area (Å²) < 4.78 is 23.5. The molecule has 3 amide bonds. The fraction of sp³-hybridized carbons (Fsp3) is 0.353. The highest BCUT2D eigenvalue weighted by molar-refractivity contribution is 6.74. The van der Waals surface area contributed by atoms with Gasteiger partial charge in [0.25, 0.3) is 5.91 Å². The minimum Gasteiger partial charge on any atom is -0.415 e. The summed E-state index contributed by atoms with van der Waals surface area (Å²) in [5, 5.41) is 7.45. The average molecular weight is 632 g/mol. The summed E-state index contributed by atoms with van der Waals surface area (Å²) in [5.41, 5.74) is 8.17. The van der Waals surface area contributed by atoms with Crippen molar-refractivity contribution in [2.24, 2.45) is 5.73 Å². The van der Waals surface area contributed by atoms with Crippen molar-refractivity contribution in [3.63, 3.8) is 0 Å². The number of carbonyl (C=O) groups is 3. The molecule has 0 radical (unpaired) electrons. The first-order valence-corrected chi connectivity index (χ1v) is 17.8. The van der Waals surface area contributed by atoms with Crippen LogP contribution in [0.3, 0.4) is 0 Å². The minimum atomic E-state index is -2.18. The smallest absolute Gasteiger partial charge is 0.269 e. The van der Waals surface area contributed by atoms with Crippen molar-refractivity contribution in [2.75, 3.05) is 18.5 Å². The maximum Gasteiger partial charge on any atom is 0.269 e. The number of fused-ring (bicyclic) bond motifs is 1. The van der Waals surface area contributed by atoms with E-state index in [0.29, 0.717) is 16.5 Å². The molecular weight excluding hydrogens is 589 g/mol. The Labute approximate surface area is 264 Å². The number of halogens is 1. The number of primary amides is 1. The molecule has 1 heterocycles. The highest BCUT2D eigenvalue weighted by Crippen LogP contribution is 2.36. The lowest BCUT2D eigenvalue weighted by atomic mass is 9.99. The molecule has 0 aliphatic heterocycles. The predicted octanol–water partition coefficient (Wildman–Crippen LogP) is 6.13. The van der Waals surface area contributed by atoms with Gasteiger partial charge < -0.3 is 20.4 Å². The van der Waals surface area contributed by atoms with Gasteiger partial charge in [-0.2, -0.15) is 5.10 Å². The third kappa shape index (κ3) is 7.48. The fourth-order valence-electron chi connectivity index (χ4n) is 4.83. The lowest BCUT2D eigenvalue weighted by Gasteiger charge is -2.38. The van der Waals surface area contributed by atoms with E-state index < -0.39 is 37.9 Å². The van der Waals surface area contributed by atoms with Crippen molar-refractivity contribution in [2.45, 2.75) is 65.3 Å². The van der Waals surface area contributed by atoms with Gasteiger partial charge in [0.05, 0.1) is 23.9 Å². The van der Waals surface area contributed by atoms with Crippen LogP contribution in [0.4, 0.5) is 10.1 Å². The molecule has 1 atom stereocenters. The Bertz CT molecular complexity index is 1730. The molecule has 11 heteroatoms. The quantitative estimate of drug-likeness (QED) is 0.193. The normalized spacial score (nSPS) is 12.6. The van der Waals surface area contributed by atoms with E-state index in [1.54, 1.807) is 36.4 Å². The molecule has 45 heavy (non-hydrogen) atoms. The molecule has 9 nitrogen and oxygen atoms in total. The van der Waals surface area contributed by atoms with Crippen molar-refractivity contribution >= 4 is 42.6 Å².